The van der Waals surface area contributed by atoms with Crippen LogP contribution < -0.4 is 5.32 Å². The van der Waals surface area contributed by atoms with Crippen molar-refractivity contribution in [2.24, 2.45) is 0 Å². The maximum absolute atomic E-state index is 12.2. The summed E-state index contributed by atoms with van der Waals surface area (Å²) in [6.07, 6.45) is 6.77. The summed E-state index contributed by atoms with van der Waals surface area (Å²) in [5.74, 6) is 0.334. The molecule has 1 aliphatic rings. The molecule has 130 valence electrons. The molecule has 0 spiro atoms. The van der Waals surface area contributed by atoms with E-state index in [0.717, 1.165) is 30.2 Å². The fourth-order valence-corrected chi connectivity index (χ4v) is 4.04. The molecule has 0 radical (unpaired) electrons. The number of benzene rings is 1. The SMILES string of the molecule is CCc1ccc2nc(SCC(=O)NC3CCCCC3)c(C#N)cc2c1. The second-order valence-electron chi connectivity index (χ2n) is 6.52. The van der Waals surface area contributed by atoms with Crippen molar-refractivity contribution in [1.29, 1.82) is 5.26 Å². The molecule has 25 heavy (non-hydrogen) atoms. The highest BCUT2D eigenvalue weighted by atomic mass is 32.2. The van der Waals surface area contributed by atoms with Crippen molar-refractivity contribution in [3.63, 3.8) is 0 Å². The van der Waals surface area contributed by atoms with Gasteiger partial charge in [-0.2, -0.15) is 5.26 Å². The van der Waals surface area contributed by atoms with Gasteiger partial charge in [-0.05, 0) is 43.0 Å². The van der Waals surface area contributed by atoms with Crippen LogP contribution in [-0.2, 0) is 11.2 Å². The first-order chi connectivity index (χ1) is 12.2. The number of thioether (sulfide) groups is 1. The Labute approximate surface area is 153 Å². The van der Waals surface area contributed by atoms with Crippen molar-refractivity contribution in [2.45, 2.75) is 56.5 Å². The number of aryl methyl sites for hydroxylation is 1. The molecule has 1 aliphatic carbocycles. The van der Waals surface area contributed by atoms with Gasteiger partial charge in [0.05, 0.1) is 16.8 Å². The first-order valence-electron chi connectivity index (χ1n) is 8.95. The highest BCUT2D eigenvalue weighted by Gasteiger charge is 2.16. The average Bonchev–Trinajstić information content (AvgIpc) is 2.65. The molecule has 0 aliphatic heterocycles. The number of carbonyl (C=O) groups excluding carboxylic acids is 1. The van der Waals surface area contributed by atoms with Crippen molar-refractivity contribution in [3.8, 4) is 6.07 Å². The normalized spacial score (nSPS) is 15.0. The molecule has 1 N–H and O–H groups in total. The number of hydrogen-bond donors (Lipinski definition) is 1. The highest BCUT2D eigenvalue weighted by molar-refractivity contribution is 8.00. The second-order valence-corrected chi connectivity index (χ2v) is 7.49. The standard InChI is InChI=1S/C20H23N3OS/c1-2-14-8-9-18-15(10-14)11-16(12-21)20(23-18)25-13-19(24)22-17-6-4-3-5-7-17/h8-11,17H,2-7,13H2,1H3,(H,22,24). The van der Waals surface area contributed by atoms with E-state index in [1.54, 1.807) is 0 Å². The van der Waals surface area contributed by atoms with E-state index in [9.17, 15) is 10.1 Å². The number of fused-ring (bicyclic) bond motifs is 1. The predicted octanol–water partition coefficient (Wildman–Crippen LogP) is 4.21. The van der Waals surface area contributed by atoms with Crippen LogP contribution in [0, 0.1) is 11.3 Å². The van der Waals surface area contributed by atoms with Gasteiger partial charge in [-0.3, -0.25) is 4.79 Å². The zero-order chi connectivity index (χ0) is 17.6. The molecule has 0 unspecified atom stereocenters. The molecule has 1 fully saturated rings. The smallest absolute Gasteiger partial charge is 0.230 e. The molecule has 0 bridgehead atoms. The van der Waals surface area contributed by atoms with Crippen LogP contribution in [0.2, 0.25) is 0 Å². The Kier molecular flexibility index (Phi) is 5.93. The van der Waals surface area contributed by atoms with Crippen LogP contribution in [0.3, 0.4) is 0 Å². The summed E-state index contributed by atoms with van der Waals surface area (Å²) in [5, 5.41) is 14.2. The average molecular weight is 353 g/mol. The second kappa shape index (κ2) is 8.35. The molecular formula is C20H23N3OS. The zero-order valence-corrected chi connectivity index (χ0v) is 15.4. The van der Waals surface area contributed by atoms with Gasteiger partial charge in [0.25, 0.3) is 0 Å². The first kappa shape index (κ1) is 17.8. The number of rotatable bonds is 5. The number of hydrogen-bond acceptors (Lipinski definition) is 4. The summed E-state index contributed by atoms with van der Waals surface area (Å²) in [6.45, 7) is 2.11. The van der Waals surface area contributed by atoms with Crippen molar-refractivity contribution in [3.05, 3.63) is 35.4 Å². The topological polar surface area (TPSA) is 65.8 Å². The molecule has 0 atom stereocenters. The molecule has 0 saturated heterocycles. The Balaban J connectivity index is 1.69. The van der Waals surface area contributed by atoms with E-state index in [2.05, 4.69) is 35.4 Å². The minimum absolute atomic E-state index is 0.0315. The maximum atomic E-state index is 12.2. The lowest BCUT2D eigenvalue weighted by atomic mass is 9.95. The number of pyridine rings is 1. The molecule has 1 aromatic heterocycles. The third kappa shape index (κ3) is 4.52. The lowest BCUT2D eigenvalue weighted by Gasteiger charge is -2.22. The molecule has 3 rings (SSSR count). The molecule has 5 heteroatoms. The van der Waals surface area contributed by atoms with Gasteiger partial charge in [0.2, 0.25) is 5.91 Å². The van der Waals surface area contributed by atoms with Crippen molar-refractivity contribution in [1.82, 2.24) is 10.3 Å². The van der Waals surface area contributed by atoms with Crippen LogP contribution in [0.1, 0.15) is 50.2 Å². The Morgan fingerprint density at radius 1 is 1.32 bits per heavy atom. The van der Waals surface area contributed by atoms with Gasteiger partial charge in [-0.1, -0.05) is 44.0 Å². The number of aromatic nitrogens is 1. The number of carbonyl (C=O) groups is 1. The fraction of sp³-hybridized carbons (Fsp3) is 0.450. The molecule has 2 aromatic rings. The van der Waals surface area contributed by atoms with Gasteiger partial charge in [0, 0.05) is 11.4 Å². The van der Waals surface area contributed by atoms with Gasteiger partial charge >= 0.3 is 0 Å². The van der Waals surface area contributed by atoms with E-state index in [0.29, 0.717) is 22.4 Å². The van der Waals surface area contributed by atoms with E-state index in [4.69, 9.17) is 0 Å². The summed E-state index contributed by atoms with van der Waals surface area (Å²) < 4.78 is 0. The number of nitrogens with one attached hydrogen (secondary N) is 1. The monoisotopic (exact) mass is 353 g/mol. The lowest BCUT2D eigenvalue weighted by Crippen LogP contribution is -2.37. The molecule has 1 amide bonds. The fourth-order valence-electron chi connectivity index (χ4n) is 3.27. The van der Waals surface area contributed by atoms with Crippen LogP contribution in [0.15, 0.2) is 29.3 Å². The molecule has 1 heterocycles. The molecular weight excluding hydrogens is 330 g/mol. The first-order valence-corrected chi connectivity index (χ1v) is 9.94. The predicted molar refractivity (Wildman–Crippen MR) is 102 cm³/mol. The lowest BCUT2D eigenvalue weighted by molar-refractivity contribution is -0.119. The van der Waals surface area contributed by atoms with Gasteiger partial charge < -0.3 is 5.32 Å². The van der Waals surface area contributed by atoms with Crippen molar-refractivity contribution >= 4 is 28.6 Å². The summed E-state index contributed by atoms with van der Waals surface area (Å²) in [5.41, 5.74) is 2.63. The number of nitrogens with zero attached hydrogens (tertiary/aromatic N) is 2. The Morgan fingerprint density at radius 3 is 2.84 bits per heavy atom. The minimum atomic E-state index is 0.0315. The van der Waals surface area contributed by atoms with E-state index in [-0.39, 0.29) is 5.91 Å². The maximum Gasteiger partial charge on any atom is 0.230 e. The molecule has 1 aromatic carbocycles. The Bertz CT molecular complexity index is 806. The third-order valence-electron chi connectivity index (χ3n) is 4.68. The van der Waals surface area contributed by atoms with Crippen LogP contribution in [0.25, 0.3) is 10.9 Å². The van der Waals surface area contributed by atoms with Gasteiger partial charge in [0.15, 0.2) is 0 Å². The number of nitriles is 1. The summed E-state index contributed by atoms with van der Waals surface area (Å²) in [4.78, 5) is 16.8. The molecule has 1 saturated carbocycles. The van der Waals surface area contributed by atoms with E-state index in [1.807, 2.05) is 12.1 Å². The summed E-state index contributed by atoms with van der Waals surface area (Å²) in [6, 6.07) is 10.5. The van der Waals surface area contributed by atoms with E-state index in [1.165, 1.54) is 36.6 Å². The number of amides is 1. The van der Waals surface area contributed by atoms with E-state index < -0.39 is 0 Å². The summed E-state index contributed by atoms with van der Waals surface area (Å²) >= 11 is 1.35. The Hall–Kier alpha value is -2.06. The van der Waals surface area contributed by atoms with Crippen molar-refractivity contribution in [2.75, 3.05) is 5.75 Å². The van der Waals surface area contributed by atoms with Gasteiger partial charge in [-0.15, -0.1) is 0 Å². The van der Waals surface area contributed by atoms with Crippen LogP contribution in [0.4, 0.5) is 0 Å². The Morgan fingerprint density at radius 2 is 2.12 bits per heavy atom. The minimum Gasteiger partial charge on any atom is -0.353 e. The molecule has 4 nitrogen and oxygen atoms in total. The zero-order valence-electron chi connectivity index (χ0n) is 14.5. The van der Waals surface area contributed by atoms with Crippen LogP contribution >= 0.6 is 11.8 Å². The van der Waals surface area contributed by atoms with Crippen LogP contribution in [0.5, 0.6) is 0 Å². The third-order valence-corrected chi connectivity index (χ3v) is 5.67. The quantitative estimate of drug-likeness (QED) is 0.818. The van der Waals surface area contributed by atoms with Crippen molar-refractivity contribution < 1.29 is 4.79 Å². The highest BCUT2D eigenvalue weighted by Crippen LogP contribution is 2.25. The summed E-state index contributed by atoms with van der Waals surface area (Å²) in [7, 11) is 0. The largest absolute Gasteiger partial charge is 0.353 e. The van der Waals surface area contributed by atoms with Gasteiger partial charge in [0.1, 0.15) is 11.1 Å². The van der Waals surface area contributed by atoms with Gasteiger partial charge in [-0.25, -0.2) is 4.98 Å². The van der Waals surface area contributed by atoms with E-state index >= 15 is 0 Å². The van der Waals surface area contributed by atoms with Crippen LogP contribution in [-0.4, -0.2) is 22.7 Å².